The molecule has 152 valence electrons. The predicted octanol–water partition coefficient (Wildman–Crippen LogP) is 8.02. The number of hydrogen-bond acceptors (Lipinski definition) is 0. The lowest BCUT2D eigenvalue weighted by atomic mass is 9.86. The number of halogens is 5. The van der Waals surface area contributed by atoms with Crippen molar-refractivity contribution in [1.82, 2.24) is 0 Å². The third-order valence-corrected chi connectivity index (χ3v) is 5.39. The van der Waals surface area contributed by atoms with Crippen LogP contribution in [-0.4, -0.2) is 0 Å². The van der Waals surface area contributed by atoms with Crippen LogP contribution in [0.25, 0.3) is 43.8 Å². The fourth-order valence-corrected chi connectivity index (χ4v) is 4.07. The molecular weight excluding hydrogens is 407 g/mol. The highest BCUT2D eigenvalue weighted by atomic mass is 19.2. The number of rotatable bonds is 2. The summed E-state index contributed by atoms with van der Waals surface area (Å²) in [5.41, 5.74) is 1.84. The van der Waals surface area contributed by atoms with Gasteiger partial charge in [-0.15, -0.1) is 0 Å². The molecule has 0 nitrogen and oxygen atoms in total. The summed E-state index contributed by atoms with van der Waals surface area (Å²) in [7, 11) is 0. The van der Waals surface area contributed by atoms with Crippen LogP contribution in [0.4, 0.5) is 22.0 Å². The van der Waals surface area contributed by atoms with Crippen molar-refractivity contribution in [3.05, 3.63) is 108 Å². The van der Waals surface area contributed by atoms with Gasteiger partial charge in [0.1, 0.15) is 5.82 Å². The van der Waals surface area contributed by atoms with Crippen molar-refractivity contribution in [1.29, 1.82) is 0 Å². The summed E-state index contributed by atoms with van der Waals surface area (Å²) >= 11 is 0. The minimum Gasteiger partial charge on any atom is -0.207 e. The maximum atomic E-state index is 14.3. The average molecular weight is 420 g/mol. The van der Waals surface area contributed by atoms with Crippen molar-refractivity contribution < 1.29 is 22.0 Å². The van der Waals surface area contributed by atoms with Gasteiger partial charge in [0.05, 0.1) is 0 Å². The Morgan fingerprint density at radius 1 is 0.387 bits per heavy atom. The molecule has 0 aliphatic carbocycles. The van der Waals surface area contributed by atoms with Gasteiger partial charge >= 0.3 is 0 Å². The Hall–Kier alpha value is -3.73. The van der Waals surface area contributed by atoms with Gasteiger partial charge in [-0.25, -0.2) is 22.0 Å². The topological polar surface area (TPSA) is 0 Å². The molecule has 0 heterocycles. The molecule has 0 saturated carbocycles. The lowest BCUT2D eigenvalue weighted by Crippen LogP contribution is -1.95. The molecule has 0 aromatic heterocycles. The van der Waals surface area contributed by atoms with Gasteiger partial charge in [-0.1, -0.05) is 42.5 Å². The molecule has 0 saturated heterocycles. The van der Waals surface area contributed by atoms with Crippen LogP contribution in [0, 0.1) is 29.1 Å². The SMILES string of the molecule is Fc1ccc2c(-c3ccccc3)c3cc(F)c(F)cc3c(-c3ccc(F)c(F)c3)c2c1. The van der Waals surface area contributed by atoms with Crippen LogP contribution in [0.3, 0.4) is 0 Å². The molecule has 0 amide bonds. The van der Waals surface area contributed by atoms with Gasteiger partial charge in [0, 0.05) is 0 Å². The molecule has 5 heteroatoms. The third-order valence-electron chi connectivity index (χ3n) is 5.39. The highest BCUT2D eigenvalue weighted by Gasteiger charge is 2.20. The Labute approximate surface area is 174 Å². The molecule has 0 aliphatic heterocycles. The molecule has 0 N–H and O–H groups in total. The first kappa shape index (κ1) is 19.2. The van der Waals surface area contributed by atoms with Crippen LogP contribution in [0.2, 0.25) is 0 Å². The summed E-state index contributed by atoms with van der Waals surface area (Å²) in [4.78, 5) is 0. The van der Waals surface area contributed by atoms with E-state index in [0.29, 0.717) is 27.3 Å². The molecule has 0 fully saturated rings. The molecule has 5 rings (SSSR count). The Balaban J connectivity index is 2.05. The molecule has 0 atom stereocenters. The predicted molar refractivity (Wildman–Crippen MR) is 112 cm³/mol. The molecule has 0 bridgehead atoms. The second-order valence-corrected chi connectivity index (χ2v) is 7.25. The van der Waals surface area contributed by atoms with E-state index < -0.39 is 29.1 Å². The van der Waals surface area contributed by atoms with E-state index >= 15 is 0 Å². The highest BCUT2D eigenvalue weighted by molar-refractivity contribution is 6.21. The fraction of sp³-hybridized carbons (Fsp3) is 0. The molecule has 31 heavy (non-hydrogen) atoms. The Morgan fingerprint density at radius 3 is 1.61 bits per heavy atom. The summed E-state index contributed by atoms with van der Waals surface area (Å²) in [6.45, 7) is 0. The van der Waals surface area contributed by atoms with Gasteiger partial charge in [-0.3, -0.25) is 0 Å². The quantitative estimate of drug-likeness (QED) is 0.200. The van der Waals surface area contributed by atoms with E-state index in [-0.39, 0.29) is 10.9 Å². The summed E-state index contributed by atoms with van der Waals surface area (Å²) in [6, 6.07) is 18.5. The van der Waals surface area contributed by atoms with Crippen LogP contribution < -0.4 is 0 Å². The minimum atomic E-state index is -1.09. The minimum absolute atomic E-state index is 0.227. The van der Waals surface area contributed by atoms with Gasteiger partial charge in [0.15, 0.2) is 23.3 Å². The first-order valence-electron chi connectivity index (χ1n) is 9.49. The lowest BCUT2D eigenvalue weighted by molar-refractivity contribution is 0.509. The maximum Gasteiger partial charge on any atom is 0.159 e. The third kappa shape index (κ3) is 3.13. The number of benzene rings is 5. The van der Waals surface area contributed by atoms with Crippen LogP contribution in [-0.2, 0) is 0 Å². The van der Waals surface area contributed by atoms with E-state index in [0.717, 1.165) is 29.8 Å². The average Bonchev–Trinajstić information content (AvgIpc) is 2.76. The maximum absolute atomic E-state index is 14.3. The van der Waals surface area contributed by atoms with Crippen LogP contribution in [0.5, 0.6) is 0 Å². The molecule has 5 aromatic rings. The van der Waals surface area contributed by atoms with Crippen LogP contribution in [0.15, 0.2) is 78.9 Å². The van der Waals surface area contributed by atoms with E-state index in [1.54, 1.807) is 18.2 Å². The largest absolute Gasteiger partial charge is 0.207 e. The van der Waals surface area contributed by atoms with Crippen molar-refractivity contribution in [2.75, 3.05) is 0 Å². The van der Waals surface area contributed by atoms with Gasteiger partial charge < -0.3 is 0 Å². The Morgan fingerprint density at radius 2 is 0.968 bits per heavy atom. The smallest absolute Gasteiger partial charge is 0.159 e. The standard InChI is InChI=1S/C26H13F5/c27-16-7-8-17-18(11-16)26(15-6-9-21(28)22(29)10-15)20-13-24(31)23(30)12-19(20)25(17)14-4-2-1-3-5-14/h1-13H. The summed E-state index contributed by atoms with van der Waals surface area (Å²) in [6.07, 6.45) is 0. The number of fused-ring (bicyclic) bond motifs is 2. The summed E-state index contributed by atoms with van der Waals surface area (Å²) in [5.74, 6) is -4.81. The van der Waals surface area contributed by atoms with Crippen molar-refractivity contribution in [2.45, 2.75) is 0 Å². The van der Waals surface area contributed by atoms with E-state index in [2.05, 4.69) is 0 Å². The molecule has 5 aromatic carbocycles. The first-order valence-corrected chi connectivity index (χ1v) is 9.49. The zero-order chi connectivity index (χ0) is 21.7. The van der Waals surface area contributed by atoms with Crippen molar-refractivity contribution in [3.8, 4) is 22.3 Å². The summed E-state index contributed by atoms with van der Waals surface area (Å²) in [5, 5.41) is 1.60. The van der Waals surface area contributed by atoms with Gasteiger partial charge in [-0.2, -0.15) is 0 Å². The molecule has 0 spiro atoms. The van der Waals surface area contributed by atoms with Crippen molar-refractivity contribution >= 4 is 21.5 Å². The summed E-state index contributed by atoms with van der Waals surface area (Å²) < 4.78 is 70.5. The monoisotopic (exact) mass is 420 g/mol. The van der Waals surface area contributed by atoms with Crippen molar-refractivity contribution in [2.24, 2.45) is 0 Å². The van der Waals surface area contributed by atoms with Crippen LogP contribution in [0.1, 0.15) is 0 Å². The van der Waals surface area contributed by atoms with Gasteiger partial charge in [-0.05, 0) is 80.2 Å². The fourth-order valence-electron chi connectivity index (χ4n) is 4.07. The molecule has 0 unspecified atom stereocenters. The zero-order valence-corrected chi connectivity index (χ0v) is 15.9. The lowest BCUT2D eigenvalue weighted by Gasteiger charge is -2.18. The Bertz CT molecular complexity index is 1470. The second kappa shape index (κ2) is 7.20. The molecular formula is C26H13F5. The number of hydrogen-bond donors (Lipinski definition) is 0. The van der Waals surface area contributed by atoms with E-state index in [1.165, 1.54) is 18.2 Å². The van der Waals surface area contributed by atoms with Crippen LogP contribution >= 0.6 is 0 Å². The van der Waals surface area contributed by atoms with Crippen molar-refractivity contribution in [3.63, 3.8) is 0 Å². The van der Waals surface area contributed by atoms with Gasteiger partial charge in [0.2, 0.25) is 0 Å². The normalized spacial score (nSPS) is 11.4. The second-order valence-electron chi connectivity index (χ2n) is 7.25. The van der Waals surface area contributed by atoms with E-state index in [4.69, 9.17) is 0 Å². The van der Waals surface area contributed by atoms with E-state index in [1.807, 2.05) is 18.2 Å². The molecule has 0 aliphatic rings. The zero-order valence-electron chi connectivity index (χ0n) is 15.9. The Kier molecular flexibility index (Phi) is 4.47. The highest BCUT2D eigenvalue weighted by Crippen LogP contribution is 2.44. The molecule has 0 radical (unpaired) electrons. The first-order chi connectivity index (χ1) is 14.9. The van der Waals surface area contributed by atoms with E-state index in [9.17, 15) is 22.0 Å². The van der Waals surface area contributed by atoms with Gasteiger partial charge in [0.25, 0.3) is 0 Å².